The van der Waals surface area contributed by atoms with Gasteiger partial charge in [-0.1, -0.05) is 6.92 Å². The lowest BCUT2D eigenvalue weighted by Gasteiger charge is -2.22. The second kappa shape index (κ2) is 10.3. The number of likely N-dealkylation sites (tertiary alicyclic amines) is 1. The van der Waals surface area contributed by atoms with Gasteiger partial charge in [-0.05, 0) is 42.6 Å². The van der Waals surface area contributed by atoms with Crippen molar-refractivity contribution in [3.63, 3.8) is 0 Å². The predicted octanol–water partition coefficient (Wildman–Crippen LogP) is 1.39. The molecule has 1 atom stereocenters. The molecule has 0 aliphatic carbocycles. The van der Waals surface area contributed by atoms with Gasteiger partial charge in [0.25, 0.3) is 0 Å². The standard InChI is InChI=1S/C19H27N3O4.ClH/c1-19(12-20)9-10-22(13-19)18(25)8-7-17(24)21-11-16(23)14-3-5-15(26-2)6-4-14;/h3-6H,7-13,20H2,1-2H3,(H,21,24);1H. The topological polar surface area (TPSA) is 102 Å². The number of benzene rings is 1. The molecule has 3 N–H and O–H groups in total. The Morgan fingerprint density at radius 2 is 1.89 bits per heavy atom. The number of Topliss-reactive ketones (excluding diaryl/α,β-unsaturated/α-hetero) is 1. The Hall–Kier alpha value is -2.12. The molecule has 1 aliphatic heterocycles. The van der Waals surface area contributed by atoms with E-state index < -0.39 is 0 Å². The van der Waals surface area contributed by atoms with E-state index in [1.54, 1.807) is 36.3 Å². The first-order chi connectivity index (χ1) is 12.4. The summed E-state index contributed by atoms with van der Waals surface area (Å²) in [5, 5.41) is 2.57. The van der Waals surface area contributed by atoms with E-state index in [0.29, 0.717) is 30.9 Å². The van der Waals surface area contributed by atoms with Crippen molar-refractivity contribution in [1.29, 1.82) is 0 Å². The molecule has 150 valence electrons. The quantitative estimate of drug-likeness (QED) is 0.645. The van der Waals surface area contributed by atoms with Crippen molar-refractivity contribution in [2.24, 2.45) is 11.1 Å². The maximum absolute atomic E-state index is 12.2. The summed E-state index contributed by atoms with van der Waals surface area (Å²) in [6, 6.07) is 6.69. The van der Waals surface area contributed by atoms with Crippen LogP contribution in [0.15, 0.2) is 24.3 Å². The number of nitrogens with zero attached hydrogens (tertiary/aromatic N) is 1. The zero-order valence-electron chi connectivity index (χ0n) is 15.8. The minimum Gasteiger partial charge on any atom is -0.497 e. The van der Waals surface area contributed by atoms with Crippen molar-refractivity contribution in [3.8, 4) is 5.75 Å². The molecule has 1 fully saturated rings. The number of nitrogens with two attached hydrogens (primary N) is 1. The number of carbonyl (C=O) groups is 3. The van der Waals surface area contributed by atoms with Crippen molar-refractivity contribution in [3.05, 3.63) is 29.8 Å². The SMILES string of the molecule is COc1ccc(C(=O)CNC(=O)CCC(=O)N2CCC(C)(CN)C2)cc1.Cl. The third-order valence-corrected chi connectivity index (χ3v) is 4.83. The van der Waals surface area contributed by atoms with Gasteiger partial charge >= 0.3 is 0 Å². The van der Waals surface area contributed by atoms with Crippen molar-refractivity contribution < 1.29 is 19.1 Å². The average molecular weight is 398 g/mol. The molecule has 0 bridgehead atoms. The zero-order chi connectivity index (χ0) is 19.2. The van der Waals surface area contributed by atoms with Crippen LogP contribution in [0.1, 0.15) is 36.5 Å². The van der Waals surface area contributed by atoms with Crippen LogP contribution in [0.5, 0.6) is 5.75 Å². The molecule has 7 nitrogen and oxygen atoms in total. The number of carbonyl (C=O) groups excluding carboxylic acids is 3. The first-order valence-corrected chi connectivity index (χ1v) is 8.79. The summed E-state index contributed by atoms with van der Waals surface area (Å²) in [5.74, 6) is 0.127. The van der Waals surface area contributed by atoms with E-state index in [9.17, 15) is 14.4 Å². The van der Waals surface area contributed by atoms with Gasteiger partial charge in [0.05, 0.1) is 13.7 Å². The van der Waals surface area contributed by atoms with Crippen molar-refractivity contribution in [1.82, 2.24) is 10.2 Å². The van der Waals surface area contributed by atoms with Crippen LogP contribution in [0.25, 0.3) is 0 Å². The maximum Gasteiger partial charge on any atom is 0.223 e. The molecule has 0 radical (unpaired) electrons. The van der Waals surface area contributed by atoms with Crippen LogP contribution in [-0.2, 0) is 9.59 Å². The molecule has 0 aromatic heterocycles. The smallest absolute Gasteiger partial charge is 0.223 e. The number of hydrogen-bond donors (Lipinski definition) is 2. The summed E-state index contributed by atoms with van der Waals surface area (Å²) < 4.78 is 5.04. The Kier molecular flexibility index (Phi) is 8.72. The fourth-order valence-electron chi connectivity index (χ4n) is 2.93. The van der Waals surface area contributed by atoms with Crippen LogP contribution < -0.4 is 15.8 Å². The summed E-state index contributed by atoms with van der Waals surface area (Å²) in [7, 11) is 1.55. The highest BCUT2D eigenvalue weighted by atomic mass is 35.5. The van der Waals surface area contributed by atoms with Crippen LogP contribution in [-0.4, -0.2) is 55.8 Å². The molecule has 1 aromatic carbocycles. The van der Waals surface area contributed by atoms with Gasteiger partial charge in [0.2, 0.25) is 11.8 Å². The van der Waals surface area contributed by atoms with E-state index in [1.165, 1.54) is 0 Å². The summed E-state index contributed by atoms with van der Waals surface area (Å²) in [6.07, 6.45) is 1.10. The second-order valence-electron chi connectivity index (χ2n) is 7.01. The van der Waals surface area contributed by atoms with E-state index in [4.69, 9.17) is 10.5 Å². The van der Waals surface area contributed by atoms with Crippen molar-refractivity contribution in [2.45, 2.75) is 26.2 Å². The van der Waals surface area contributed by atoms with Crippen LogP contribution in [0.3, 0.4) is 0 Å². The number of ketones is 1. The number of amides is 2. The Bertz CT molecular complexity index is 665. The molecule has 0 spiro atoms. The number of hydrogen-bond acceptors (Lipinski definition) is 5. The molecule has 0 saturated carbocycles. The predicted molar refractivity (Wildman–Crippen MR) is 105 cm³/mol. The molecule has 1 heterocycles. The first kappa shape index (κ1) is 22.9. The lowest BCUT2D eigenvalue weighted by atomic mass is 9.90. The van der Waals surface area contributed by atoms with Gasteiger partial charge in [0, 0.05) is 31.5 Å². The van der Waals surface area contributed by atoms with Crippen LogP contribution in [0, 0.1) is 5.41 Å². The van der Waals surface area contributed by atoms with Gasteiger partial charge in [-0.25, -0.2) is 0 Å². The number of halogens is 1. The number of methoxy groups -OCH3 is 1. The third-order valence-electron chi connectivity index (χ3n) is 4.83. The highest BCUT2D eigenvalue weighted by Gasteiger charge is 2.34. The highest BCUT2D eigenvalue weighted by Crippen LogP contribution is 2.28. The van der Waals surface area contributed by atoms with Gasteiger partial charge in [0.15, 0.2) is 5.78 Å². The molecule has 27 heavy (non-hydrogen) atoms. The molecule has 2 amide bonds. The number of ether oxygens (including phenoxy) is 1. The Morgan fingerprint density at radius 1 is 1.22 bits per heavy atom. The normalized spacial score (nSPS) is 18.6. The van der Waals surface area contributed by atoms with E-state index in [1.807, 2.05) is 0 Å². The largest absolute Gasteiger partial charge is 0.497 e. The number of nitrogens with one attached hydrogen (secondary N) is 1. The van der Waals surface area contributed by atoms with Crippen molar-refractivity contribution >= 4 is 30.0 Å². The Morgan fingerprint density at radius 3 is 2.44 bits per heavy atom. The van der Waals surface area contributed by atoms with E-state index >= 15 is 0 Å². The monoisotopic (exact) mass is 397 g/mol. The van der Waals surface area contributed by atoms with Gasteiger partial charge < -0.3 is 20.7 Å². The molecule has 1 aliphatic rings. The third kappa shape index (κ3) is 6.52. The minimum atomic E-state index is -0.305. The summed E-state index contributed by atoms with van der Waals surface area (Å²) in [4.78, 5) is 37.9. The number of rotatable bonds is 8. The zero-order valence-corrected chi connectivity index (χ0v) is 16.6. The Balaban J connectivity index is 0.00000364. The Labute approximate surface area is 166 Å². The lowest BCUT2D eigenvalue weighted by molar-refractivity contribution is -0.133. The summed E-state index contributed by atoms with van der Waals surface area (Å²) >= 11 is 0. The summed E-state index contributed by atoms with van der Waals surface area (Å²) in [5.41, 5.74) is 6.22. The minimum absolute atomic E-state index is 0. The van der Waals surface area contributed by atoms with Crippen LogP contribution in [0.4, 0.5) is 0 Å². The molecule has 1 unspecified atom stereocenters. The molecule has 1 saturated heterocycles. The fourth-order valence-corrected chi connectivity index (χ4v) is 2.93. The van der Waals surface area contributed by atoms with Gasteiger partial charge in [-0.2, -0.15) is 0 Å². The fraction of sp³-hybridized carbons (Fsp3) is 0.526. The highest BCUT2D eigenvalue weighted by molar-refractivity contribution is 5.99. The average Bonchev–Trinajstić information content (AvgIpc) is 3.07. The van der Waals surface area contributed by atoms with Gasteiger partial charge in [-0.3, -0.25) is 14.4 Å². The van der Waals surface area contributed by atoms with E-state index in [0.717, 1.165) is 6.42 Å². The molecule has 1 aromatic rings. The maximum atomic E-state index is 12.2. The van der Waals surface area contributed by atoms with Gasteiger partial charge in [-0.15, -0.1) is 12.4 Å². The van der Waals surface area contributed by atoms with Crippen molar-refractivity contribution in [2.75, 3.05) is 33.3 Å². The second-order valence-corrected chi connectivity index (χ2v) is 7.01. The molecule has 2 rings (SSSR count). The lowest BCUT2D eigenvalue weighted by Crippen LogP contribution is -2.35. The molecular formula is C19H28ClN3O4. The van der Waals surface area contributed by atoms with Gasteiger partial charge in [0.1, 0.15) is 5.75 Å². The molecular weight excluding hydrogens is 370 g/mol. The van der Waals surface area contributed by atoms with E-state index in [-0.39, 0.29) is 54.8 Å². The van der Waals surface area contributed by atoms with Crippen LogP contribution >= 0.6 is 12.4 Å². The van der Waals surface area contributed by atoms with E-state index in [2.05, 4.69) is 12.2 Å². The first-order valence-electron chi connectivity index (χ1n) is 8.79. The summed E-state index contributed by atoms with van der Waals surface area (Å²) in [6.45, 7) is 3.85. The van der Waals surface area contributed by atoms with Crippen LogP contribution in [0.2, 0.25) is 0 Å². The molecule has 8 heteroatoms.